The zero-order valence-electron chi connectivity index (χ0n) is 11.3. The Labute approximate surface area is 100 Å². The maximum atomic E-state index is 11.7. The van der Waals surface area contributed by atoms with Crippen LogP contribution in [0.15, 0.2) is 0 Å². The predicted octanol–water partition coefficient (Wildman–Crippen LogP) is 2.70. The molecule has 0 aliphatic carbocycles. The molecule has 0 aromatic carbocycles. The molecule has 0 atom stereocenters. The predicted molar refractivity (Wildman–Crippen MR) is 67.4 cm³/mol. The van der Waals surface area contributed by atoms with Gasteiger partial charge in [0.15, 0.2) is 0 Å². The highest BCUT2D eigenvalue weighted by Gasteiger charge is 2.08. The minimum Gasteiger partial charge on any atom is -0.385 e. The number of ether oxygens (including phenoxy) is 1. The van der Waals surface area contributed by atoms with Gasteiger partial charge in [-0.1, -0.05) is 20.3 Å². The monoisotopic (exact) mass is 229 g/mol. The SMILES string of the molecule is COCCCCCC(=O)N(C)CCC(C)C. The van der Waals surface area contributed by atoms with Crippen LogP contribution in [-0.4, -0.2) is 38.1 Å². The average Bonchev–Trinajstić information content (AvgIpc) is 2.25. The molecule has 0 aliphatic heterocycles. The lowest BCUT2D eigenvalue weighted by Gasteiger charge is -2.18. The molecule has 96 valence electrons. The smallest absolute Gasteiger partial charge is 0.222 e. The number of methoxy groups -OCH3 is 1. The van der Waals surface area contributed by atoms with Crippen molar-refractivity contribution in [3.63, 3.8) is 0 Å². The van der Waals surface area contributed by atoms with Crippen molar-refractivity contribution < 1.29 is 9.53 Å². The van der Waals surface area contributed by atoms with Crippen molar-refractivity contribution >= 4 is 5.91 Å². The summed E-state index contributed by atoms with van der Waals surface area (Å²) in [5.74, 6) is 0.940. The maximum absolute atomic E-state index is 11.7. The number of nitrogens with zero attached hydrogens (tertiary/aromatic N) is 1. The molecule has 0 saturated heterocycles. The summed E-state index contributed by atoms with van der Waals surface area (Å²) < 4.78 is 4.97. The molecule has 3 heteroatoms. The zero-order valence-corrected chi connectivity index (χ0v) is 11.3. The fraction of sp³-hybridized carbons (Fsp3) is 0.923. The number of carbonyl (C=O) groups excluding carboxylic acids is 1. The van der Waals surface area contributed by atoms with Gasteiger partial charge >= 0.3 is 0 Å². The van der Waals surface area contributed by atoms with Gasteiger partial charge in [-0.25, -0.2) is 0 Å². The van der Waals surface area contributed by atoms with Gasteiger partial charge in [-0.3, -0.25) is 4.79 Å². The van der Waals surface area contributed by atoms with Crippen LogP contribution in [0.1, 0.15) is 46.0 Å². The highest BCUT2D eigenvalue weighted by Crippen LogP contribution is 2.05. The molecular weight excluding hydrogens is 202 g/mol. The Hall–Kier alpha value is -0.570. The summed E-state index contributed by atoms with van der Waals surface area (Å²) in [7, 11) is 3.62. The van der Waals surface area contributed by atoms with Gasteiger partial charge in [-0.05, 0) is 25.2 Å². The molecule has 0 radical (unpaired) electrons. The van der Waals surface area contributed by atoms with Crippen LogP contribution in [0.3, 0.4) is 0 Å². The van der Waals surface area contributed by atoms with E-state index in [2.05, 4.69) is 13.8 Å². The zero-order chi connectivity index (χ0) is 12.4. The summed E-state index contributed by atoms with van der Waals surface area (Å²) in [6, 6.07) is 0. The van der Waals surface area contributed by atoms with Crippen LogP contribution < -0.4 is 0 Å². The second kappa shape index (κ2) is 9.64. The Kier molecular flexibility index (Phi) is 9.30. The first-order valence-electron chi connectivity index (χ1n) is 6.30. The van der Waals surface area contributed by atoms with Crippen molar-refractivity contribution in [2.75, 3.05) is 27.3 Å². The lowest BCUT2D eigenvalue weighted by atomic mass is 10.1. The number of carbonyl (C=O) groups is 1. The first-order chi connectivity index (χ1) is 7.57. The minimum atomic E-state index is 0.276. The minimum absolute atomic E-state index is 0.276. The summed E-state index contributed by atoms with van der Waals surface area (Å²) >= 11 is 0. The molecule has 0 spiro atoms. The van der Waals surface area contributed by atoms with E-state index in [-0.39, 0.29) is 5.91 Å². The largest absolute Gasteiger partial charge is 0.385 e. The Balaban J connectivity index is 3.47. The number of amides is 1. The van der Waals surface area contributed by atoms with E-state index in [9.17, 15) is 4.79 Å². The normalized spacial score (nSPS) is 10.8. The van der Waals surface area contributed by atoms with Crippen molar-refractivity contribution in [2.45, 2.75) is 46.0 Å². The molecule has 0 rings (SSSR count). The first kappa shape index (κ1) is 15.4. The molecule has 0 aromatic heterocycles. The van der Waals surface area contributed by atoms with E-state index in [0.717, 1.165) is 38.8 Å². The van der Waals surface area contributed by atoms with Crippen LogP contribution in [0, 0.1) is 5.92 Å². The van der Waals surface area contributed by atoms with Crippen molar-refractivity contribution in [3.8, 4) is 0 Å². The molecule has 0 fully saturated rings. The second-order valence-corrected chi connectivity index (χ2v) is 4.80. The lowest BCUT2D eigenvalue weighted by molar-refractivity contribution is -0.130. The van der Waals surface area contributed by atoms with E-state index < -0.39 is 0 Å². The van der Waals surface area contributed by atoms with Gasteiger partial charge in [0.25, 0.3) is 0 Å². The van der Waals surface area contributed by atoms with Crippen LogP contribution >= 0.6 is 0 Å². The molecule has 0 bridgehead atoms. The quantitative estimate of drug-likeness (QED) is 0.569. The van der Waals surface area contributed by atoms with Gasteiger partial charge in [-0.15, -0.1) is 0 Å². The maximum Gasteiger partial charge on any atom is 0.222 e. The van der Waals surface area contributed by atoms with Gasteiger partial charge in [0.05, 0.1) is 0 Å². The molecule has 1 amide bonds. The standard InChI is InChI=1S/C13H27NO2/c1-12(2)9-10-14(3)13(15)8-6-5-7-11-16-4/h12H,5-11H2,1-4H3. The lowest BCUT2D eigenvalue weighted by Crippen LogP contribution is -2.28. The third-order valence-corrected chi connectivity index (χ3v) is 2.71. The number of unbranched alkanes of at least 4 members (excludes halogenated alkanes) is 2. The topological polar surface area (TPSA) is 29.5 Å². The Morgan fingerprint density at radius 2 is 1.94 bits per heavy atom. The van der Waals surface area contributed by atoms with Crippen LogP contribution in [0.25, 0.3) is 0 Å². The van der Waals surface area contributed by atoms with Crippen molar-refractivity contribution in [1.29, 1.82) is 0 Å². The molecule has 0 aliphatic rings. The van der Waals surface area contributed by atoms with Gasteiger partial charge in [0, 0.05) is 33.7 Å². The van der Waals surface area contributed by atoms with E-state index in [1.807, 2.05) is 11.9 Å². The highest BCUT2D eigenvalue weighted by molar-refractivity contribution is 5.75. The summed E-state index contributed by atoms with van der Waals surface area (Å²) in [4.78, 5) is 13.5. The summed E-state index contributed by atoms with van der Waals surface area (Å²) in [5, 5.41) is 0. The van der Waals surface area contributed by atoms with Crippen LogP contribution in [0.5, 0.6) is 0 Å². The van der Waals surface area contributed by atoms with Crippen molar-refractivity contribution in [3.05, 3.63) is 0 Å². The fourth-order valence-electron chi connectivity index (χ4n) is 1.47. The molecule has 0 aromatic rings. The average molecular weight is 229 g/mol. The molecular formula is C13H27NO2. The van der Waals surface area contributed by atoms with Gasteiger partial charge in [0.1, 0.15) is 0 Å². The van der Waals surface area contributed by atoms with Crippen LogP contribution in [-0.2, 0) is 9.53 Å². The first-order valence-corrected chi connectivity index (χ1v) is 6.30. The van der Waals surface area contributed by atoms with E-state index in [0.29, 0.717) is 12.3 Å². The highest BCUT2D eigenvalue weighted by atomic mass is 16.5. The van der Waals surface area contributed by atoms with E-state index in [4.69, 9.17) is 4.74 Å². The third kappa shape index (κ3) is 8.72. The molecule has 0 heterocycles. The van der Waals surface area contributed by atoms with Crippen molar-refractivity contribution in [2.24, 2.45) is 5.92 Å². The van der Waals surface area contributed by atoms with Crippen molar-refractivity contribution in [1.82, 2.24) is 4.90 Å². The van der Waals surface area contributed by atoms with E-state index >= 15 is 0 Å². The number of hydrogen-bond donors (Lipinski definition) is 0. The third-order valence-electron chi connectivity index (χ3n) is 2.71. The molecule has 16 heavy (non-hydrogen) atoms. The Bertz CT molecular complexity index is 181. The number of hydrogen-bond acceptors (Lipinski definition) is 2. The number of rotatable bonds is 9. The van der Waals surface area contributed by atoms with Crippen LogP contribution in [0.4, 0.5) is 0 Å². The second-order valence-electron chi connectivity index (χ2n) is 4.80. The summed E-state index contributed by atoms with van der Waals surface area (Å²) in [6.07, 6.45) is 4.88. The Morgan fingerprint density at radius 1 is 1.25 bits per heavy atom. The van der Waals surface area contributed by atoms with Gasteiger partial charge in [0.2, 0.25) is 5.91 Å². The molecule has 0 saturated carbocycles. The summed E-state index contributed by atoms with van der Waals surface area (Å²) in [6.45, 7) is 6.05. The molecule has 0 unspecified atom stereocenters. The van der Waals surface area contributed by atoms with Gasteiger partial charge in [-0.2, -0.15) is 0 Å². The summed E-state index contributed by atoms with van der Waals surface area (Å²) in [5.41, 5.74) is 0. The van der Waals surface area contributed by atoms with Gasteiger partial charge < -0.3 is 9.64 Å². The van der Waals surface area contributed by atoms with E-state index in [1.165, 1.54) is 0 Å². The van der Waals surface area contributed by atoms with Crippen LogP contribution in [0.2, 0.25) is 0 Å². The van der Waals surface area contributed by atoms with E-state index in [1.54, 1.807) is 7.11 Å². The Morgan fingerprint density at radius 3 is 2.50 bits per heavy atom. The fourth-order valence-corrected chi connectivity index (χ4v) is 1.47. The molecule has 3 nitrogen and oxygen atoms in total. The molecule has 0 N–H and O–H groups in total.